The number of halogens is 1. The van der Waals surface area contributed by atoms with Crippen LogP contribution in [0.1, 0.15) is 5.56 Å². The maximum atomic E-state index is 9.01. The van der Waals surface area contributed by atoms with E-state index in [9.17, 15) is 0 Å². The van der Waals surface area contributed by atoms with Gasteiger partial charge in [-0.05, 0) is 32.3 Å². The van der Waals surface area contributed by atoms with Gasteiger partial charge in [-0.2, -0.15) is 5.26 Å². The number of likely N-dealkylation sites (N-methyl/N-ethyl adjacent to an activating group) is 2. The van der Waals surface area contributed by atoms with Crippen LogP contribution in [0.3, 0.4) is 0 Å². The molecule has 0 aromatic heterocycles. The smallest absolute Gasteiger partial charge is 0.101 e. The lowest BCUT2D eigenvalue weighted by atomic mass is 10.2. The third-order valence-electron chi connectivity index (χ3n) is 2.37. The Morgan fingerprint density at radius 2 is 1.94 bits per heavy atom. The zero-order valence-corrected chi connectivity index (χ0v) is 10.6. The fourth-order valence-corrected chi connectivity index (χ4v) is 1.55. The Labute approximate surface area is 102 Å². The average molecular weight is 238 g/mol. The van der Waals surface area contributed by atoms with Crippen molar-refractivity contribution in [3.63, 3.8) is 0 Å². The third-order valence-corrected chi connectivity index (χ3v) is 2.61. The van der Waals surface area contributed by atoms with Crippen LogP contribution in [0.15, 0.2) is 18.2 Å². The summed E-state index contributed by atoms with van der Waals surface area (Å²) in [6.45, 7) is 1.80. The van der Waals surface area contributed by atoms with Crippen LogP contribution in [0.4, 0.5) is 5.69 Å². The van der Waals surface area contributed by atoms with E-state index in [0.717, 1.165) is 18.8 Å². The van der Waals surface area contributed by atoms with Gasteiger partial charge in [-0.1, -0.05) is 11.6 Å². The molecule has 0 saturated carbocycles. The second-order valence-corrected chi connectivity index (χ2v) is 4.43. The van der Waals surface area contributed by atoms with Crippen LogP contribution in [0.25, 0.3) is 0 Å². The molecule has 0 atom stereocenters. The van der Waals surface area contributed by atoms with E-state index in [-0.39, 0.29) is 0 Å². The summed E-state index contributed by atoms with van der Waals surface area (Å²) in [6.07, 6.45) is 0. The van der Waals surface area contributed by atoms with Crippen LogP contribution in [0.2, 0.25) is 5.02 Å². The zero-order valence-electron chi connectivity index (χ0n) is 9.87. The highest BCUT2D eigenvalue weighted by molar-refractivity contribution is 6.30. The molecule has 86 valence electrons. The molecule has 3 nitrogen and oxygen atoms in total. The lowest BCUT2D eigenvalue weighted by molar-refractivity contribution is 0.416. The van der Waals surface area contributed by atoms with Crippen molar-refractivity contribution in [2.24, 2.45) is 0 Å². The van der Waals surface area contributed by atoms with Gasteiger partial charge >= 0.3 is 0 Å². The summed E-state index contributed by atoms with van der Waals surface area (Å²) in [5.74, 6) is 0. The van der Waals surface area contributed by atoms with Crippen molar-refractivity contribution in [1.82, 2.24) is 4.90 Å². The molecule has 0 N–H and O–H groups in total. The summed E-state index contributed by atoms with van der Waals surface area (Å²) in [4.78, 5) is 4.15. The normalized spacial score (nSPS) is 10.2. The van der Waals surface area contributed by atoms with Crippen molar-refractivity contribution in [3.8, 4) is 6.07 Å². The van der Waals surface area contributed by atoms with Crippen LogP contribution in [-0.2, 0) is 0 Å². The second-order valence-electron chi connectivity index (χ2n) is 4.00. The Hall–Kier alpha value is -1.24. The Kier molecular flexibility index (Phi) is 4.60. The quantitative estimate of drug-likeness (QED) is 0.805. The largest absolute Gasteiger partial charge is 0.372 e. The summed E-state index contributed by atoms with van der Waals surface area (Å²) in [5.41, 5.74) is 1.54. The van der Waals surface area contributed by atoms with E-state index in [2.05, 4.69) is 11.0 Å². The van der Waals surface area contributed by atoms with E-state index in [4.69, 9.17) is 16.9 Å². The summed E-state index contributed by atoms with van der Waals surface area (Å²) in [5, 5.41) is 9.66. The zero-order chi connectivity index (χ0) is 12.1. The number of benzene rings is 1. The molecule has 4 heteroatoms. The molecule has 0 bridgehead atoms. The molecule has 1 rings (SSSR count). The number of nitrogens with zero attached hydrogens (tertiary/aromatic N) is 3. The number of rotatable bonds is 4. The van der Waals surface area contributed by atoms with Crippen molar-refractivity contribution in [3.05, 3.63) is 28.8 Å². The molecule has 0 saturated heterocycles. The Morgan fingerprint density at radius 3 is 2.50 bits per heavy atom. The van der Waals surface area contributed by atoms with Crippen molar-refractivity contribution < 1.29 is 0 Å². The van der Waals surface area contributed by atoms with E-state index in [1.165, 1.54) is 0 Å². The first-order valence-electron chi connectivity index (χ1n) is 5.10. The minimum Gasteiger partial charge on any atom is -0.372 e. The predicted octanol–water partition coefficient (Wildman–Crippen LogP) is 2.21. The maximum Gasteiger partial charge on any atom is 0.101 e. The molecule has 0 aliphatic heterocycles. The highest BCUT2D eigenvalue weighted by Crippen LogP contribution is 2.23. The van der Waals surface area contributed by atoms with Crippen molar-refractivity contribution in [2.45, 2.75) is 0 Å². The molecule has 1 aromatic carbocycles. The van der Waals surface area contributed by atoms with Gasteiger partial charge in [0.15, 0.2) is 0 Å². The van der Waals surface area contributed by atoms with Crippen LogP contribution < -0.4 is 4.90 Å². The van der Waals surface area contributed by atoms with Crippen LogP contribution in [0, 0.1) is 11.3 Å². The van der Waals surface area contributed by atoms with Gasteiger partial charge in [0, 0.05) is 25.2 Å². The van der Waals surface area contributed by atoms with E-state index < -0.39 is 0 Å². The van der Waals surface area contributed by atoms with Crippen LogP contribution in [0.5, 0.6) is 0 Å². The lowest BCUT2D eigenvalue weighted by Gasteiger charge is -2.22. The molecule has 0 aliphatic carbocycles. The Bertz CT molecular complexity index is 396. The standard InChI is InChI=1S/C12H16ClN3/c1-15(2)6-7-16(3)12-8-11(13)5-4-10(12)9-14/h4-5,8H,6-7H2,1-3H3. The first-order valence-corrected chi connectivity index (χ1v) is 5.48. The first kappa shape index (κ1) is 12.8. The minimum absolute atomic E-state index is 0.658. The molecule has 1 aromatic rings. The molecular weight excluding hydrogens is 222 g/mol. The topological polar surface area (TPSA) is 30.3 Å². The molecule has 0 heterocycles. The van der Waals surface area contributed by atoms with E-state index in [1.54, 1.807) is 12.1 Å². The van der Waals surface area contributed by atoms with Gasteiger partial charge in [-0.15, -0.1) is 0 Å². The van der Waals surface area contributed by atoms with Gasteiger partial charge < -0.3 is 9.80 Å². The number of hydrogen-bond acceptors (Lipinski definition) is 3. The summed E-state index contributed by atoms with van der Waals surface area (Å²) >= 11 is 5.93. The van der Waals surface area contributed by atoms with Crippen molar-refractivity contribution in [2.75, 3.05) is 39.1 Å². The molecule has 0 aliphatic rings. The van der Waals surface area contributed by atoms with Gasteiger partial charge in [-0.3, -0.25) is 0 Å². The monoisotopic (exact) mass is 237 g/mol. The molecule has 0 spiro atoms. The van der Waals surface area contributed by atoms with Gasteiger partial charge in [-0.25, -0.2) is 0 Å². The number of anilines is 1. The average Bonchev–Trinajstić information content (AvgIpc) is 2.25. The van der Waals surface area contributed by atoms with Crippen molar-refractivity contribution >= 4 is 17.3 Å². The fraction of sp³-hybridized carbons (Fsp3) is 0.417. The maximum absolute atomic E-state index is 9.01. The van der Waals surface area contributed by atoms with Gasteiger partial charge in [0.1, 0.15) is 6.07 Å². The number of nitriles is 1. The second kappa shape index (κ2) is 5.74. The summed E-state index contributed by atoms with van der Waals surface area (Å²) < 4.78 is 0. The summed E-state index contributed by atoms with van der Waals surface area (Å²) in [6, 6.07) is 7.50. The SMILES string of the molecule is CN(C)CCN(C)c1cc(Cl)ccc1C#N. The van der Waals surface area contributed by atoms with Gasteiger partial charge in [0.05, 0.1) is 11.3 Å². The lowest BCUT2D eigenvalue weighted by Crippen LogP contribution is -2.28. The van der Waals surface area contributed by atoms with E-state index in [1.807, 2.05) is 32.1 Å². The highest BCUT2D eigenvalue weighted by atomic mass is 35.5. The fourth-order valence-electron chi connectivity index (χ4n) is 1.39. The molecule has 0 fully saturated rings. The molecule has 0 unspecified atom stereocenters. The molecular formula is C12H16ClN3. The molecule has 0 radical (unpaired) electrons. The summed E-state index contributed by atoms with van der Waals surface area (Å²) in [7, 11) is 6.02. The van der Waals surface area contributed by atoms with Gasteiger partial charge in [0.2, 0.25) is 0 Å². The van der Waals surface area contributed by atoms with Crippen molar-refractivity contribution in [1.29, 1.82) is 5.26 Å². The predicted molar refractivity (Wildman–Crippen MR) is 68.0 cm³/mol. The van der Waals surface area contributed by atoms with Crippen LogP contribution >= 0.6 is 11.6 Å². The van der Waals surface area contributed by atoms with Crippen LogP contribution in [-0.4, -0.2) is 39.1 Å². The minimum atomic E-state index is 0.658. The number of hydrogen-bond donors (Lipinski definition) is 0. The van der Waals surface area contributed by atoms with E-state index in [0.29, 0.717) is 10.6 Å². The Balaban J connectivity index is 2.85. The van der Waals surface area contributed by atoms with E-state index >= 15 is 0 Å². The van der Waals surface area contributed by atoms with Gasteiger partial charge in [0.25, 0.3) is 0 Å². The highest BCUT2D eigenvalue weighted by Gasteiger charge is 2.08. The first-order chi connectivity index (χ1) is 7.54. The molecule has 16 heavy (non-hydrogen) atoms. The molecule has 0 amide bonds. The Morgan fingerprint density at radius 1 is 1.25 bits per heavy atom. The third kappa shape index (κ3) is 3.41.